The van der Waals surface area contributed by atoms with Crippen molar-refractivity contribution >= 4 is 0 Å². The van der Waals surface area contributed by atoms with Crippen LogP contribution in [-0.4, -0.2) is 26.6 Å². The summed E-state index contributed by atoms with van der Waals surface area (Å²) in [5.74, 6) is 0.235. The first-order valence-corrected chi connectivity index (χ1v) is 7.27. The third kappa shape index (κ3) is 3.06. The van der Waals surface area contributed by atoms with Crippen molar-refractivity contribution in [1.82, 2.24) is 9.88 Å². The quantitative estimate of drug-likeness (QED) is 0.890. The van der Waals surface area contributed by atoms with Crippen LogP contribution in [0.1, 0.15) is 35.0 Å². The van der Waals surface area contributed by atoms with Crippen molar-refractivity contribution < 1.29 is 10.2 Å². The lowest BCUT2D eigenvalue weighted by molar-refractivity contribution is 0.149. The molecule has 0 saturated carbocycles. The Balaban J connectivity index is 1.83. The van der Waals surface area contributed by atoms with E-state index in [2.05, 4.69) is 16.0 Å². The lowest BCUT2D eigenvalue weighted by atomic mass is 10.0. The number of aliphatic hydroxyl groups excluding tert-OH is 1. The molecule has 1 aromatic carbocycles. The smallest absolute Gasteiger partial charge is 0.138 e. The fourth-order valence-corrected chi connectivity index (χ4v) is 2.85. The molecule has 21 heavy (non-hydrogen) atoms. The van der Waals surface area contributed by atoms with Gasteiger partial charge in [-0.05, 0) is 36.6 Å². The second-order valence-electron chi connectivity index (χ2n) is 5.63. The summed E-state index contributed by atoms with van der Waals surface area (Å²) in [7, 11) is 0. The predicted octanol–water partition coefficient (Wildman–Crippen LogP) is 2.53. The van der Waals surface area contributed by atoms with E-state index < -0.39 is 6.10 Å². The summed E-state index contributed by atoms with van der Waals surface area (Å²) in [6.45, 7) is 4.06. The largest absolute Gasteiger partial charge is 0.506 e. The van der Waals surface area contributed by atoms with E-state index in [1.165, 1.54) is 0 Å². The Morgan fingerprint density at radius 3 is 2.90 bits per heavy atom. The Hall–Kier alpha value is -1.91. The van der Waals surface area contributed by atoms with Gasteiger partial charge in [-0.1, -0.05) is 24.3 Å². The molecule has 2 heterocycles. The second-order valence-corrected chi connectivity index (χ2v) is 5.63. The number of hydrogen-bond donors (Lipinski definition) is 2. The Bertz CT molecular complexity index is 642. The Kier molecular flexibility index (Phi) is 3.90. The third-order valence-corrected chi connectivity index (χ3v) is 3.99. The molecule has 0 fully saturated rings. The van der Waals surface area contributed by atoms with Crippen LogP contribution in [0.4, 0.5) is 0 Å². The van der Waals surface area contributed by atoms with Gasteiger partial charge in [0, 0.05) is 25.3 Å². The van der Waals surface area contributed by atoms with Gasteiger partial charge in [-0.25, -0.2) is 0 Å². The number of hydrogen-bond acceptors (Lipinski definition) is 4. The number of fused-ring (bicyclic) bond motifs is 1. The molecule has 0 saturated heterocycles. The van der Waals surface area contributed by atoms with Crippen LogP contribution in [0.15, 0.2) is 36.4 Å². The van der Waals surface area contributed by atoms with E-state index in [1.54, 1.807) is 12.1 Å². The standard InChI is InChI=1S/C17H20N2O2/c1-12-6-7-17(21)15(18-12)11-19-9-8-16(20)14-5-3-2-4-13(14)10-19/h2-7,16,20-21H,8-11H2,1H3. The fraction of sp³-hybridized carbons (Fsp3) is 0.353. The molecule has 0 radical (unpaired) electrons. The van der Waals surface area contributed by atoms with Gasteiger partial charge in [0.2, 0.25) is 0 Å². The molecule has 0 aliphatic carbocycles. The zero-order valence-electron chi connectivity index (χ0n) is 12.2. The molecule has 3 rings (SSSR count). The lowest BCUT2D eigenvalue weighted by Crippen LogP contribution is -2.23. The molecule has 4 heteroatoms. The van der Waals surface area contributed by atoms with E-state index in [4.69, 9.17) is 0 Å². The normalized spacial score (nSPS) is 19.0. The summed E-state index contributed by atoms with van der Waals surface area (Å²) in [5, 5.41) is 20.2. The predicted molar refractivity (Wildman–Crippen MR) is 80.8 cm³/mol. The molecule has 4 nitrogen and oxygen atoms in total. The van der Waals surface area contributed by atoms with Crippen molar-refractivity contribution in [2.45, 2.75) is 32.5 Å². The molecule has 2 aromatic rings. The van der Waals surface area contributed by atoms with Crippen LogP contribution in [0, 0.1) is 6.92 Å². The highest BCUT2D eigenvalue weighted by Crippen LogP contribution is 2.28. The molecule has 1 aliphatic rings. The van der Waals surface area contributed by atoms with E-state index >= 15 is 0 Å². The van der Waals surface area contributed by atoms with Gasteiger partial charge >= 0.3 is 0 Å². The van der Waals surface area contributed by atoms with Crippen LogP contribution in [0.2, 0.25) is 0 Å². The van der Waals surface area contributed by atoms with Crippen molar-refractivity contribution in [1.29, 1.82) is 0 Å². The molecule has 1 atom stereocenters. The molecule has 0 spiro atoms. The van der Waals surface area contributed by atoms with E-state index in [0.717, 1.165) is 29.9 Å². The summed E-state index contributed by atoms with van der Waals surface area (Å²) in [6.07, 6.45) is 0.286. The van der Waals surface area contributed by atoms with Crippen LogP contribution in [0.5, 0.6) is 5.75 Å². The average molecular weight is 284 g/mol. The monoisotopic (exact) mass is 284 g/mol. The number of benzene rings is 1. The van der Waals surface area contributed by atoms with Gasteiger partial charge in [0.05, 0.1) is 11.8 Å². The van der Waals surface area contributed by atoms with Crippen LogP contribution < -0.4 is 0 Å². The van der Waals surface area contributed by atoms with Gasteiger partial charge in [0.15, 0.2) is 0 Å². The fourth-order valence-electron chi connectivity index (χ4n) is 2.85. The second kappa shape index (κ2) is 5.84. The summed E-state index contributed by atoms with van der Waals surface area (Å²) in [5.41, 5.74) is 3.76. The SMILES string of the molecule is Cc1ccc(O)c(CN2CCC(O)c3ccccc3C2)n1. The van der Waals surface area contributed by atoms with Gasteiger partial charge in [0.1, 0.15) is 5.75 Å². The Morgan fingerprint density at radius 1 is 1.24 bits per heavy atom. The topological polar surface area (TPSA) is 56.6 Å². The molecule has 2 N–H and O–H groups in total. The van der Waals surface area contributed by atoms with Crippen molar-refractivity contribution in [2.24, 2.45) is 0 Å². The number of aliphatic hydroxyl groups is 1. The van der Waals surface area contributed by atoms with Gasteiger partial charge in [-0.3, -0.25) is 9.88 Å². The Labute approximate surface area is 124 Å². The number of rotatable bonds is 2. The van der Waals surface area contributed by atoms with Crippen molar-refractivity contribution in [3.05, 3.63) is 58.9 Å². The highest BCUT2D eigenvalue weighted by Gasteiger charge is 2.21. The highest BCUT2D eigenvalue weighted by atomic mass is 16.3. The molecule has 1 aliphatic heterocycles. The van der Waals surface area contributed by atoms with Crippen molar-refractivity contribution in [2.75, 3.05) is 6.54 Å². The first-order chi connectivity index (χ1) is 10.1. The first-order valence-electron chi connectivity index (χ1n) is 7.27. The summed E-state index contributed by atoms with van der Waals surface area (Å²) < 4.78 is 0. The summed E-state index contributed by atoms with van der Waals surface area (Å²) in [6, 6.07) is 11.5. The Morgan fingerprint density at radius 2 is 2.05 bits per heavy atom. The molecular formula is C17H20N2O2. The number of pyridine rings is 1. The molecule has 0 bridgehead atoms. The summed E-state index contributed by atoms with van der Waals surface area (Å²) in [4.78, 5) is 6.64. The zero-order valence-corrected chi connectivity index (χ0v) is 12.2. The first kappa shape index (κ1) is 14.0. The molecular weight excluding hydrogens is 264 g/mol. The zero-order chi connectivity index (χ0) is 14.8. The van der Waals surface area contributed by atoms with Gasteiger partial charge in [0.25, 0.3) is 0 Å². The average Bonchev–Trinajstić information content (AvgIpc) is 2.63. The maximum Gasteiger partial charge on any atom is 0.138 e. The number of aromatic nitrogens is 1. The van der Waals surface area contributed by atoms with Crippen LogP contribution >= 0.6 is 0 Å². The minimum absolute atomic E-state index is 0.235. The van der Waals surface area contributed by atoms with Crippen LogP contribution in [0.3, 0.4) is 0 Å². The molecule has 1 unspecified atom stereocenters. The maximum atomic E-state index is 10.2. The molecule has 110 valence electrons. The van der Waals surface area contributed by atoms with E-state index in [1.807, 2.05) is 25.1 Å². The van der Waals surface area contributed by atoms with Crippen molar-refractivity contribution in [3.63, 3.8) is 0 Å². The van der Waals surface area contributed by atoms with E-state index in [0.29, 0.717) is 18.7 Å². The van der Waals surface area contributed by atoms with Gasteiger partial charge in [-0.15, -0.1) is 0 Å². The highest BCUT2D eigenvalue weighted by molar-refractivity contribution is 5.31. The van der Waals surface area contributed by atoms with E-state index in [9.17, 15) is 10.2 Å². The lowest BCUT2D eigenvalue weighted by Gasteiger charge is -2.20. The van der Waals surface area contributed by atoms with Gasteiger partial charge < -0.3 is 10.2 Å². The molecule has 0 amide bonds. The number of aromatic hydroxyl groups is 1. The van der Waals surface area contributed by atoms with E-state index in [-0.39, 0.29) is 5.75 Å². The van der Waals surface area contributed by atoms with Crippen molar-refractivity contribution in [3.8, 4) is 5.75 Å². The third-order valence-electron chi connectivity index (χ3n) is 3.99. The minimum atomic E-state index is -0.412. The van der Waals surface area contributed by atoms with Crippen LogP contribution in [0.25, 0.3) is 0 Å². The molecule has 1 aromatic heterocycles. The number of aryl methyl sites for hydroxylation is 1. The summed E-state index contributed by atoms with van der Waals surface area (Å²) >= 11 is 0. The van der Waals surface area contributed by atoms with Gasteiger partial charge in [-0.2, -0.15) is 0 Å². The number of nitrogens with zero attached hydrogens (tertiary/aromatic N) is 2. The minimum Gasteiger partial charge on any atom is -0.506 e. The van der Waals surface area contributed by atoms with Crippen LogP contribution in [-0.2, 0) is 13.1 Å². The maximum absolute atomic E-state index is 10.2.